The van der Waals surface area contributed by atoms with Crippen LogP contribution in [0.25, 0.3) is 0 Å². The third kappa shape index (κ3) is 9.44. The lowest BCUT2D eigenvalue weighted by Gasteiger charge is -2.67. The van der Waals surface area contributed by atoms with E-state index in [1.807, 2.05) is 0 Å². The van der Waals surface area contributed by atoms with E-state index in [9.17, 15) is 0 Å². The van der Waals surface area contributed by atoms with Crippen molar-refractivity contribution in [2.45, 2.75) is 264 Å². The summed E-state index contributed by atoms with van der Waals surface area (Å²) in [7, 11) is -34.1. The molecular formula is C42H77Cl3O13Si9. The van der Waals surface area contributed by atoms with Gasteiger partial charge in [0.15, 0.2) is 0 Å². The van der Waals surface area contributed by atoms with Crippen molar-refractivity contribution in [3.8, 4) is 0 Å². The molecule has 6 heterocycles. The van der Waals surface area contributed by atoms with E-state index in [0.717, 1.165) is 218 Å². The average Bonchev–Trinajstić information content (AvgIpc) is 3.32. The molecule has 0 aromatic rings. The summed E-state index contributed by atoms with van der Waals surface area (Å²) in [5.41, 5.74) is -0.602. The monoisotopic (exact) mass is 1150 g/mol. The van der Waals surface area contributed by atoms with Crippen LogP contribution in [0.3, 0.4) is 0 Å². The molecule has 13 nitrogen and oxygen atoms in total. The molecule has 67 heavy (non-hydrogen) atoms. The zero-order valence-corrected chi connectivity index (χ0v) is 51.0. The minimum Gasteiger partial charge on any atom is -0.373 e. The highest BCUT2D eigenvalue weighted by Crippen LogP contribution is 2.65. The molecule has 6 aliphatic heterocycles. The Bertz CT molecular complexity index is 1550. The minimum absolute atomic E-state index is 0.00779. The first-order valence-electron chi connectivity index (χ1n) is 27.6. The van der Waals surface area contributed by atoms with Crippen LogP contribution in [0.1, 0.15) is 225 Å². The summed E-state index contributed by atoms with van der Waals surface area (Å²) in [6.45, 7) is 0. The maximum atomic E-state index is 8.61. The lowest BCUT2D eigenvalue weighted by molar-refractivity contribution is -0.0652. The SMILES string of the molecule is Cl[Si](Cl)(Cl)O[Si]12O[Si]3(C4CCCCC4)O[Si]4(C5CCCCC5)O[Si](C5CCCCC5)(O1)O[Si]1(C5CCCCC5)O[Si](C5CCCCC5)(O2)O[Si](C2CCCCC2)(O3)O[Si](C2CCCCC2)(O4)O1. The zero-order chi connectivity index (χ0) is 45.5. The fourth-order valence-corrected chi connectivity index (χ4v) is 73.5. The van der Waals surface area contributed by atoms with Crippen LogP contribution in [0.15, 0.2) is 0 Å². The molecule has 13 rings (SSSR count). The van der Waals surface area contributed by atoms with E-state index in [1.54, 1.807) is 0 Å². The minimum atomic E-state index is -4.84. The maximum absolute atomic E-state index is 8.61. The van der Waals surface area contributed by atoms with Crippen LogP contribution >= 0.6 is 33.2 Å². The van der Waals surface area contributed by atoms with Crippen LogP contribution in [0.2, 0.25) is 38.8 Å². The van der Waals surface area contributed by atoms with Gasteiger partial charge in [0.1, 0.15) is 0 Å². The number of rotatable bonds is 9. The van der Waals surface area contributed by atoms with Gasteiger partial charge in [0.05, 0.1) is 0 Å². The number of hydrogen-bond donors (Lipinski definition) is 0. The Morgan fingerprint density at radius 3 is 0.537 bits per heavy atom. The summed E-state index contributed by atoms with van der Waals surface area (Å²) in [6.07, 6.45) is 30.8. The lowest BCUT2D eigenvalue weighted by atomic mass is 10.0. The van der Waals surface area contributed by atoms with E-state index < -0.39 is 76.9 Å². The molecule has 6 saturated heterocycles. The molecule has 13 fully saturated rings. The first-order chi connectivity index (χ1) is 32.4. The average molecular weight is 1150 g/mol. The van der Waals surface area contributed by atoms with Crippen molar-refractivity contribution in [2.75, 3.05) is 0 Å². The molecule has 0 spiro atoms. The summed E-state index contributed by atoms with van der Waals surface area (Å²) in [5.74, 6) is 0. The summed E-state index contributed by atoms with van der Waals surface area (Å²) < 4.78 is 108. The van der Waals surface area contributed by atoms with E-state index in [4.69, 9.17) is 86.7 Å². The molecular weight excluding hydrogens is 1070 g/mol. The molecule has 0 unspecified atom stereocenters. The van der Waals surface area contributed by atoms with Crippen LogP contribution in [0.4, 0.5) is 0 Å². The second kappa shape index (κ2) is 19.7. The first kappa shape index (κ1) is 50.1. The Labute approximate surface area is 424 Å². The second-order valence-corrected chi connectivity index (χ2v) is 56.0. The Balaban J connectivity index is 1.19. The first-order valence-corrected chi connectivity index (χ1v) is 46.8. The van der Waals surface area contributed by atoms with Crippen LogP contribution in [0, 0.1) is 0 Å². The topological polar surface area (TPSA) is 120 Å². The van der Waals surface area contributed by atoms with Gasteiger partial charge in [-0.2, -0.15) is 0 Å². The van der Waals surface area contributed by atoms with Gasteiger partial charge >= 0.3 is 76.9 Å². The summed E-state index contributed by atoms with van der Waals surface area (Å²) in [6, 6.07) is 0. The van der Waals surface area contributed by atoms with Gasteiger partial charge in [0.2, 0.25) is 0 Å². The van der Waals surface area contributed by atoms with Gasteiger partial charge < -0.3 is 53.5 Å². The number of hydrogen-bond acceptors (Lipinski definition) is 13. The van der Waals surface area contributed by atoms with Crippen molar-refractivity contribution in [1.29, 1.82) is 0 Å². The van der Waals surface area contributed by atoms with E-state index in [1.165, 1.54) is 6.42 Å². The molecule has 13 aliphatic rings. The van der Waals surface area contributed by atoms with E-state index in [-0.39, 0.29) is 38.8 Å². The van der Waals surface area contributed by atoms with Gasteiger partial charge in [-0.15, -0.1) is 0 Å². The van der Waals surface area contributed by atoms with Crippen molar-refractivity contribution >= 4 is 110 Å². The van der Waals surface area contributed by atoms with Gasteiger partial charge in [0, 0.05) is 38.8 Å². The Hall–Kier alpha value is 2.30. The van der Waals surface area contributed by atoms with Crippen molar-refractivity contribution in [3.05, 3.63) is 0 Å². The predicted octanol–water partition coefficient (Wildman–Crippen LogP) is 13.8. The highest BCUT2D eigenvalue weighted by Gasteiger charge is 2.89. The van der Waals surface area contributed by atoms with Gasteiger partial charge in [0.25, 0.3) is 0 Å². The van der Waals surface area contributed by atoms with Gasteiger partial charge in [-0.1, -0.05) is 168 Å². The Morgan fingerprint density at radius 1 is 0.239 bits per heavy atom. The van der Waals surface area contributed by atoms with Crippen molar-refractivity contribution < 1.29 is 53.5 Å². The van der Waals surface area contributed by atoms with Crippen molar-refractivity contribution in [2.24, 2.45) is 0 Å². The second-order valence-electron chi connectivity index (χ2n) is 22.8. The van der Waals surface area contributed by atoms with Gasteiger partial charge in [-0.25, -0.2) is 0 Å². The quantitative estimate of drug-likeness (QED) is 0.161. The lowest BCUT2D eigenvalue weighted by Crippen LogP contribution is -2.91. The van der Waals surface area contributed by atoms with Crippen LogP contribution in [0.5, 0.6) is 0 Å². The third-order valence-corrected chi connectivity index (χ3v) is 60.3. The fourth-order valence-electron chi connectivity index (χ4n) is 15.0. The van der Waals surface area contributed by atoms with E-state index >= 15 is 0 Å². The summed E-state index contributed by atoms with van der Waals surface area (Å²) in [5, 5.41) is 0. The van der Waals surface area contributed by atoms with Crippen molar-refractivity contribution in [1.82, 2.24) is 0 Å². The van der Waals surface area contributed by atoms with Gasteiger partial charge in [-0.3, -0.25) is 0 Å². The summed E-state index contributed by atoms with van der Waals surface area (Å²) in [4.78, 5) is 0. The molecule has 0 atom stereocenters. The Morgan fingerprint density at radius 2 is 0.388 bits per heavy atom. The third-order valence-electron chi connectivity index (χ3n) is 18.3. The Kier molecular flexibility index (Phi) is 14.7. The molecule has 380 valence electrons. The van der Waals surface area contributed by atoms with E-state index in [0.29, 0.717) is 0 Å². The molecule has 0 aromatic heterocycles. The molecule has 0 N–H and O–H groups in total. The van der Waals surface area contributed by atoms with Crippen LogP contribution in [-0.2, 0) is 53.5 Å². The fraction of sp³-hybridized carbons (Fsp3) is 1.00. The standard InChI is InChI=1S/C42H77Cl3O13Si9/c43-66(44,45)58-67-55-63(40-30-16-5-17-31-40)49-60(37-24-10-2-11-25-37)46-59(36-22-8-1-9-23-36)47-61(51-63,38-26-12-3-13-27-38)53-65(57-67,42-34-20-7-21-35-42)54-62(48-59,39-28-14-4-15-29-39)52-64(50-60,56-67)41-32-18-6-19-33-41/h36-42H,1-35H2. The smallest absolute Gasteiger partial charge is 0.373 e. The number of halogens is 3. The largest absolute Gasteiger partial charge is 0.649 e. The molecule has 0 aromatic carbocycles. The zero-order valence-electron chi connectivity index (χ0n) is 39.7. The normalized spacial score (nSPS) is 46.4. The maximum Gasteiger partial charge on any atom is 0.649 e. The van der Waals surface area contributed by atoms with Crippen LogP contribution < -0.4 is 0 Å². The molecule has 8 bridgehead atoms. The highest BCUT2D eigenvalue weighted by atomic mass is 35.8. The van der Waals surface area contributed by atoms with Gasteiger partial charge in [-0.05, 0) is 89.9 Å². The van der Waals surface area contributed by atoms with Crippen molar-refractivity contribution in [3.63, 3.8) is 0 Å². The molecule has 25 heteroatoms. The predicted molar refractivity (Wildman–Crippen MR) is 271 cm³/mol. The molecule has 7 aliphatic carbocycles. The summed E-state index contributed by atoms with van der Waals surface area (Å²) >= 11 is 21.4. The molecule has 0 radical (unpaired) electrons. The van der Waals surface area contributed by atoms with Crippen LogP contribution in [-0.4, -0.2) is 76.9 Å². The highest BCUT2D eigenvalue weighted by molar-refractivity contribution is 7.62. The molecule has 7 saturated carbocycles. The molecule has 0 amide bonds. The van der Waals surface area contributed by atoms with E-state index in [2.05, 4.69) is 0 Å².